The molecule has 0 saturated carbocycles. The van der Waals surface area contributed by atoms with Gasteiger partial charge in [-0.3, -0.25) is 4.90 Å². The Morgan fingerprint density at radius 3 is 2.73 bits per heavy atom. The minimum Gasteiger partial charge on any atom is -0.382 e. The van der Waals surface area contributed by atoms with E-state index in [-0.39, 0.29) is 52.2 Å². The smallest absolute Gasteiger partial charge is 0.280 e. The van der Waals surface area contributed by atoms with E-state index in [1.807, 2.05) is 0 Å². The molecule has 16 heteroatoms. The summed E-state index contributed by atoms with van der Waals surface area (Å²) in [6.45, 7) is 0.179. The highest BCUT2D eigenvalue weighted by Gasteiger charge is 2.47. The number of nitrogens with zero attached hydrogens (tertiary/aromatic N) is 8. The highest BCUT2D eigenvalue weighted by Crippen LogP contribution is 2.34. The van der Waals surface area contributed by atoms with Crippen LogP contribution in [0.1, 0.15) is 6.42 Å². The van der Waals surface area contributed by atoms with E-state index in [0.29, 0.717) is 19.8 Å². The SMILES string of the molecule is Nc1nc(N[C@@H]2CCN(C3COC3)CC2(F)F)nn2cc(F)c(-c3ccc4nnn(CC(F)F)c4n3)c12. The Balaban J connectivity index is 1.31. The molecule has 6 heterocycles. The van der Waals surface area contributed by atoms with Gasteiger partial charge in [-0.05, 0) is 18.6 Å². The molecule has 37 heavy (non-hydrogen) atoms. The maximum Gasteiger partial charge on any atom is 0.280 e. The number of pyridine rings is 1. The van der Waals surface area contributed by atoms with Crippen molar-refractivity contribution in [1.82, 2.24) is 39.5 Å². The maximum atomic E-state index is 15.1. The Morgan fingerprint density at radius 2 is 2.03 bits per heavy atom. The highest BCUT2D eigenvalue weighted by molar-refractivity contribution is 5.88. The van der Waals surface area contributed by atoms with E-state index in [0.717, 1.165) is 15.4 Å². The lowest BCUT2D eigenvalue weighted by Gasteiger charge is -2.44. The van der Waals surface area contributed by atoms with Crippen LogP contribution in [0.25, 0.3) is 27.9 Å². The van der Waals surface area contributed by atoms with Gasteiger partial charge in [0.15, 0.2) is 17.3 Å². The number of ether oxygens (including phenoxy) is 1. The topological polar surface area (TPSA) is 124 Å². The van der Waals surface area contributed by atoms with Crippen molar-refractivity contribution in [2.45, 2.75) is 37.4 Å². The van der Waals surface area contributed by atoms with Crippen LogP contribution in [0.2, 0.25) is 0 Å². The Hall–Kier alpha value is -3.66. The summed E-state index contributed by atoms with van der Waals surface area (Å²) in [5.74, 6) is -4.19. The van der Waals surface area contributed by atoms with E-state index in [1.165, 1.54) is 12.1 Å². The number of rotatable bonds is 6. The summed E-state index contributed by atoms with van der Waals surface area (Å²) in [7, 11) is 0. The summed E-state index contributed by atoms with van der Waals surface area (Å²) in [4.78, 5) is 10.1. The molecule has 6 rings (SSSR count). The van der Waals surface area contributed by atoms with Crippen LogP contribution in [0.3, 0.4) is 0 Å². The van der Waals surface area contributed by atoms with E-state index < -0.39 is 37.3 Å². The highest BCUT2D eigenvalue weighted by atomic mass is 19.3. The van der Waals surface area contributed by atoms with E-state index in [4.69, 9.17) is 10.5 Å². The fraction of sp³-hybridized carbons (Fsp3) is 0.476. The molecule has 0 spiro atoms. The number of nitrogen functional groups attached to an aromatic ring is 1. The van der Waals surface area contributed by atoms with Gasteiger partial charge < -0.3 is 15.8 Å². The van der Waals surface area contributed by atoms with E-state index >= 15 is 4.39 Å². The third-order valence-corrected chi connectivity index (χ3v) is 6.61. The lowest BCUT2D eigenvalue weighted by atomic mass is 9.98. The monoisotopic (exact) mass is 524 g/mol. The van der Waals surface area contributed by atoms with Gasteiger partial charge in [-0.15, -0.1) is 10.2 Å². The molecule has 0 bridgehead atoms. The normalized spacial score (nSPS) is 20.6. The number of hydrogen-bond acceptors (Lipinski definition) is 9. The van der Waals surface area contributed by atoms with Crippen LogP contribution < -0.4 is 11.1 Å². The van der Waals surface area contributed by atoms with Crippen LogP contribution >= 0.6 is 0 Å². The first kappa shape index (κ1) is 23.7. The predicted octanol–water partition coefficient (Wildman–Crippen LogP) is 2.04. The fourth-order valence-corrected chi connectivity index (χ4v) is 4.68. The number of alkyl halides is 4. The number of halogens is 5. The molecule has 2 fully saturated rings. The Morgan fingerprint density at radius 1 is 1.22 bits per heavy atom. The molecular formula is C21H21F5N10O. The molecule has 4 aromatic heterocycles. The zero-order valence-electron chi connectivity index (χ0n) is 19.2. The van der Waals surface area contributed by atoms with Crippen LogP contribution in [0, 0.1) is 5.82 Å². The minimum absolute atomic E-state index is 0.00559. The second-order valence-electron chi connectivity index (χ2n) is 9.08. The number of aromatic nitrogens is 7. The number of piperidine rings is 1. The molecule has 2 saturated heterocycles. The number of nitrogens with one attached hydrogen (secondary N) is 1. The van der Waals surface area contributed by atoms with Gasteiger partial charge in [-0.1, -0.05) is 5.21 Å². The first-order chi connectivity index (χ1) is 17.7. The molecule has 196 valence electrons. The zero-order chi connectivity index (χ0) is 25.9. The third kappa shape index (κ3) is 4.19. The first-order valence-corrected chi connectivity index (χ1v) is 11.5. The average Bonchev–Trinajstić information content (AvgIpc) is 3.33. The number of hydrogen-bond donors (Lipinski definition) is 2. The zero-order valence-corrected chi connectivity index (χ0v) is 19.2. The van der Waals surface area contributed by atoms with Gasteiger partial charge in [0.2, 0.25) is 5.95 Å². The van der Waals surface area contributed by atoms with Crippen LogP contribution in [-0.4, -0.2) is 90.2 Å². The van der Waals surface area contributed by atoms with Crippen molar-refractivity contribution in [2.75, 3.05) is 37.4 Å². The van der Waals surface area contributed by atoms with Crippen molar-refractivity contribution in [1.29, 1.82) is 0 Å². The molecule has 0 aromatic carbocycles. The van der Waals surface area contributed by atoms with Gasteiger partial charge in [0, 0.05) is 6.54 Å². The second kappa shape index (κ2) is 8.72. The Bertz CT molecular complexity index is 1470. The number of likely N-dealkylation sites (tertiary alicyclic amines) is 1. The van der Waals surface area contributed by atoms with Crippen LogP contribution in [0.5, 0.6) is 0 Å². The largest absolute Gasteiger partial charge is 0.382 e. The summed E-state index contributed by atoms with van der Waals surface area (Å²) in [5.41, 5.74) is 6.45. The van der Waals surface area contributed by atoms with Crippen molar-refractivity contribution in [2.24, 2.45) is 0 Å². The van der Waals surface area contributed by atoms with Gasteiger partial charge in [0.05, 0.1) is 49.3 Å². The molecular weight excluding hydrogens is 503 g/mol. The van der Waals surface area contributed by atoms with Crippen molar-refractivity contribution >= 4 is 28.4 Å². The first-order valence-electron chi connectivity index (χ1n) is 11.5. The lowest BCUT2D eigenvalue weighted by molar-refractivity contribution is -0.131. The summed E-state index contributed by atoms with van der Waals surface area (Å²) < 4.78 is 77.7. The van der Waals surface area contributed by atoms with Gasteiger partial charge in [0.1, 0.15) is 17.6 Å². The summed E-state index contributed by atoms with van der Waals surface area (Å²) in [5, 5.41) is 14.2. The van der Waals surface area contributed by atoms with Crippen molar-refractivity contribution in [3.8, 4) is 11.3 Å². The van der Waals surface area contributed by atoms with Gasteiger partial charge in [0.25, 0.3) is 12.3 Å². The number of nitrogens with two attached hydrogens (primary N) is 1. The minimum atomic E-state index is -3.07. The number of fused-ring (bicyclic) bond motifs is 2. The molecule has 1 atom stereocenters. The molecule has 0 radical (unpaired) electrons. The predicted molar refractivity (Wildman–Crippen MR) is 121 cm³/mol. The summed E-state index contributed by atoms with van der Waals surface area (Å²) in [6.07, 6.45) is -1.53. The molecule has 11 nitrogen and oxygen atoms in total. The molecule has 3 N–H and O–H groups in total. The summed E-state index contributed by atoms with van der Waals surface area (Å²) >= 11 is 0. The standard InChI is InChI=1S/C21H21F5N10O/c22-11-5-35-17(16(11)12-1-2-13-19(28-12)36(33-31-13)6-15(23)24)18(27)30-20(32-35)29-14-3-4-34(9-21(14,25)26)10-7-37-8-10/h1-2,5,10,14-15H,3-4,6-9H2,(H3,27,29,30,32)/t14-/m1/s1. The van der Waals surface area contributed by atoms with Crippen molar-refractivity contribution < 1.29 is 26.7 Å². The third-order valence-electron chi connectivity index (χ3n) is 6.61. The maximum absolute atomic E-state index is 15.1. The molecule has 0 unspecified atom stereocenters. The van der Waals surface area contributed by atoms with Crippen LogP contribution in [0.4, 0.5) is 33.7 Å². The van der Waals surface area contributed by atoms with Crippen molar-refractivity contribution in [3.05, 3.63) is 24.1 Å². The lowest BCUT2D eigenvalue weighted by Crippen LogP contribution is -2.61. The van der Waals surface area contributed by atoms with Gasteiger partial charge >= 0.3 is 0 Å². The average molecular weight is 524 g/mol. The fourth-order valence-electron chi connectivity index (χ4n) is 4.68. The van der Waals surface area contributed by atoms with E-state index in [9.17, 15) is 17.6 Å². The van der Waals surface area contributed by atoms with Crippen LogP contribution in [0.15, 0.2) is 18.3 Å². The van der Waals surface area contributed by atoms with Gasteiger partial charge in [-0.2, -0.15) is 4.98 Å². The molecule has 2 aliphatic rings. The summed E-state index contributed by atoms with van der Waals surface area (Å²) in [6, 6.07) is 1.66. The molecule has 0 aliphatic carbocycles. The Labute approximate surface area is 205 Å². The molecule has 4 aromatic rings. The van der Waals surface area contributed by atoms with Gasteiger partial charge in [-0.25, -0.2) is 36.1 Å². The molecule has 2 aliphatic heterocycles. The number of anilines is 2. The van der Waals surface area contributed by atoms with E-state index in [2.05, 4.69) is 30.7 Å². The quantitative estimate of drug-likeness (QED) is 0.365. The Kier molecular flexibility index (Phi) is 5.59. The van der Waals surface area contributed by atoms with E-state index in [1.54, 1.807) is 4.90 Å². The second-order valence-corrected chi connectivity index (χ2v) is 9.08. The van der Waals surface area contributed by atoms with Crippen LogP contribution in [-0.2, 0) is 11.3 Å². The van der Waals surface area contributed by atoms with Crippen molar-refractivity contribution in [3.63, 3.8) is 0 Å². The molecule has 0 amide bonds.